The minimum atomic E-state index is -1.22. The van der Waals surface area contributed by atoms with Crippen LogP contribution in [0.5, 0.6) is 0 Å². The Morgan fingerprint density at radius 2 is 2.12 bits per heavy atom. The van der Waals surface area contributed by atoms with Crippen molar-refractivity contribution in [2.75, 3.05) is 0 Å². The van der Waals surface area contributed by atoms with E-state index in [1.54, 1.807) is 10.7 Å². The smallest absolute Gasteiger partial charge is 0.213 e. The largest absolute Gasteiger partial charge is 0.260 e. The van der Waals surface area contributed by atoms with Gasteiger partial charge in [0.25, 0.3) is 0 Å². The molecule has 0 saturated heterocycles. The zero-order chi connectivity index (χ0) is 16.5. The summed E-state index contributed by atoms with van der Waals surface area (Å²) >= 11 is 1.36. The molecule has 0 bridgehead atoms. The molecule has 0 fully saturated rings. The van der Waals surface area contributed by atoms with Crippen molar-refractivity contribution in [3.63, 3.8) is 0 Å². The molecule has 0 spiro atoms. The van der Waals surface area contributed by atoms with Crippen LogP contribution < -0.4 is 0 Å². The predicted molar refractivity (Wildman–Crippen MR) is 95.4 cm³/mol. The Morgan fingerprint density at radius 3 is 2.88 bits per heavy atom. The number of benzene rings is 1. The second kappa shape index (κ2) is 6.26. The molecule has 0 saturated carbocycles. The van der Waals surface area contributed by atoms with E-state index < -0.39 is 10.8 Å². The average molecular weight is 354 g/mol. The number of pyridine rings is 1. The molecule has 0 radical (unpaired) electrons. The van der Waals surface area contributed by atoms with Crippen LogP contribution in [0.3, 0.4) is 0 Å². The van der Waals surface area contributed by atoms with Crippen LogP contribution in [0.1, 0.15) is 11.3 Å². The van der Waals surface area contributed by atoms with Crippen LogP contribution in [0.15, 0.2) is 59.2 Å². The zero-order valence-corrected chi connectivity index (χ0v) is 14.5. The fourth-order valence-corrected chi connectivity index (χ4v) is 4.53. The first-order valence-corrected chi connectivity index (χ1v) is 9.54. The van der Waals surface area contributed by atoms with Gasteiger partial charge in [0.1, 0.15) is 0 Å². The number of hydrogen-bond acceptors (Lipinski definition) is 5. The quantitative estimate of drug-likeness (QED) is 0.563. The third-order valence-corrected chi connectivity index (χ3v) is 6.09. The van der Waals surface area contributed by atoms with Crippen molar-refractivity contribution in [2.24, 2.45) is 0 Å². The molecular formula is C17H14N4OS2. The topological polar surface area (TPSA) is 60.2 Å². The standard InChI is InChI=1S/C17H14N4OS2/c1-12-5-4-6-13(9-12)15-10-21-16(19-15)23-17(20-21)24(22)11-14-7-2-3-8-18-14/h2-10H,11H2,1H3. The predicted octanol–water partition coefficient (Wildman–Crippen LogP) is 3.47. The summed E-state index contributed by atoms with van der Waals surface area (Å²) in [6.45, 7) is 2.05. The number of hydrogen-bond donors (Lipinski definition) is 0. The van der Waals surface area contributed by atoms with Gasteiger partial charge in [-0.3, -0.25) is 9.19 Å². The first-order valence-electron chi connectivity index (χ1n) is 7.40. The van der Waals surface area contributed by atoms with Crippen LogP contribution in [0.2, 0.25) is 0 Å². The number of rotatable bonds is 4. The molecule has 7 heteroatoms. The number of aryl methyl sites for hydroxylation is 1. The molecule has 5 nitrogen and oxygen atoms in total. The molecule has 0 amide bonds. The lowest BCUT2D eigenvalue weighted by Gasteiger charge is -1.98. The molecule has 120 valence electrons. The third kappa shape index (κ3) is 3.00. The van der Waals surface area contributed by atoms with Gasteiger partial charge in [0, 0.05) is 11.8 Å². The molecule has 24 heavy (non-hydrogen) atoms. The molecule has 4 aromatic rings. The van der Waals surface area contributed by atoms with E-state index in [-0.39, 0.29) is 0 Å². The van der Waals surface area contributed by atoms with Gasteiger partial charge in [0.2, 0.25) is 9.30 Å². The first-order chi connectivity index (χ1) is 11.7. The van der Waals surface area contributed by atoms with Crippen molar-refractivity contribution < 1.29 is 4.21 Å². The third-order valence-electron chi connectivity index (χ3n) is 3.54. The fraction of sp³-hybridized carbons (Fsp3) is 0.118. The summed E-state index contributed by atoms with van der Waals surface area (Å²) in [4.78, 5) is 9.56. The van der Waals surface area contributed by atoms with Crippen LogP contribution in [0, 0.1) is 6.92 Å². The monoisotopic (exact) mass is 354 g/mol. The molecule has 3 aromatic heterocycles. The molecule has 0 aliphatic heterocycles. The normalized spacial score (nSPS) is 12.5. The molecule has 3 heterocycles. The van der Waals surface area contributed by atoms with E-state index in [0.717, 1.165) is 21.9 Å². The van der Waals surface area contributed by atoms with E-state index in [2.05, 4.69) is 34.1 Å². The lowest BCUT2D eigenvalue weighted by atomic mass is 10.1. The summed E-state index contributed by atoms with van der Waals surface area (Å²) in [5.74, 6) is 0.363. The Kier molecular flexibility index (Phi) is 3.95. The Balaban J connectivity index is 1.61. The molecule has 1 aromatic carbocycles. The SMILES string of the molecule is Cc1cccc(-c2cn3nc(S(=O)Cc4ccccn4)sc3n2)c1. The second-order valence-corrected chi connectivity index (χ2v) is 7.98. The maximum atomic E-state index is 12.5. The summed E-state index contributed by atoms with van der Waals surface area (Å²) in [5, 5.41) is 4.42. The zero-order valence-electron chi connectivity index (χ0n) is 12.9. The minimum absolute atomic E-state index is 0.363. The van der Waals surface area contributed by atoms with Crippen LogP contribution in [0.25, 0.3) is 16.2 Å². The molecule has 0 aliphatic carbocycles. The van der Waals surface area contributed by atoms with Gasteiger partial charge in [-0.2, -0.15) is 0 Å². The fourth-order valence-electron chi connectivity index (χ4n) is 2.40. The highest BCUT2D eigenvalue weighted by Crippen LogP contribution is 2.24. The first kappa shape index (κ1) is 15.2. The minimum Gasteiger partial charge on any atom is -0.260 e. The van der Waals surface area contributed by atoms with E-state index in [4.69, 9.17) is 0 Å². The Morgan fingerprint density at radius 1 is 1.21 bits per heavy atom. The van der Waals surface area contributed by atoms with Crippen LogP contribution >= 0.6 is 11.3 Å². The van der Waals surface area contributed by atoms with Crippen molar-refractivity contribution in [2.45, 2.75) is 17.0 Å². The van der Waals surface area contributed by atoms with Gasteiger partial charge in [-0.15, -0.1) is 5.10 Å². The van der Waals surface area contributed by atoms with E-state index in [1.165, 1.54) is 16.9 Å². The van der Waals surface area contributed by atoms with Crippen LogP contribution in [-0.2, 0) is 16.6 Å². The lowest BCUT2D eigenvalue weighted by Crippen LogP contribution is -1.98. The van der Waals surface area contributed by atoms with E-state index >= 15 is 0 Å². The number of aromatic nitrogens is 4. The van der Waals surface area contributed by atoms with Crippen LogP contribution in [-0.4, -0.2) is 23.8 Å². The molecule has 4 rings (SSSR count). The average Bonchev–Trinajstić information content (AvgIpc) is 3.14. The van der Waals surface area contributed by atoms with Gasteiger partial charge in [0.15, 0.2) is 0 Å². The number of imidazole rings is 1. The number of nitrogens with zero attached hydrogens (tertiary/aromatic N) is 4. The van der Waals surface area contributed by atoms with E-state index in [9.17, 15) is 4.21 Å². The van der Waals surface area contributed by atoms with Crippen molar-refractivity contribution in [3.8, 4) is 11.3 Å². The summed E-state index contributed by atoms with van der Waals surface area (Å²) in [6, 6.07) is 13.8. The van der Waals surface area contributed by atoms with Gasteiger partial charge in [-0.05, 0) is 25.1 Å². The van der Waals surface area contributed by atoms with Crippen molar-refractivity contribution >= 4 is 27.1 Å². The molecule has 1 atom stereocenters. The van der Waals surface area contributed by atoms with Crippen molar-refractivity contribution in [1.82, 2.24) is 19.6 Å². The molecular weight excluding hydrogens is 340 g/mol. The van der Waals surface area contributed by atoms with Gasteiger partial charge in [0.05, 0.1) is 34.1 Å². The van der Waals surface area contributed by atoms with Gasteiger partial charge in [-0.25, -0.2) is 9.50 Å². The molecule has 1 unspecified atom stereocenters. The van der Waals surface area contributed by atoms with E-state index in [0.29, 0.717) is 10.1 Å². The van der Waals surface area contributed by atoms with Gasteiger partial charge < -0.3 is 0 Å². The van der Waals surface area contributed by atoms with Gasteiger partial charge >= 0.3 is 0 Å². The summed E-state index contributed by atoms with van der Waals surface area (Å²) in [7, 11) is -1.22. The Bertz CT molecular complexity index is 992. The Hall–Kier alpha value is -2.38. The maximum Gasteiger partial charge on any atom is 0.213 e. The Labute approximate surface area is 145 Å². The highest BCUT2D eigenvalue weighted by molar-refractivity contribution is 7.86. The summed E-state index contributed by atoms with van der Waals surface area (Å²) < 4.78 is 14.7. The molecule has 0 aliphatic rings. The maximum absolute atomic E-state index is 12.5. The highest BCUT2D eigenvalue weighted by Gasteiger charge is 2.15. The summed E-state index contributed by atoms with van der Waals surface area (Å²) in [6.07, 6.45) is 3.58. The van der Waals surface area contributed by atoms with Crippen LogP contribution in [0.4, 0.5) is 0 Å². The molecule has 0 N–H and O–H groups in total. The van der Waals surface area contributed by atoms with Gasteiger partial charge in [-0.1, -0.05) is 41.2 Å². The van der Waals surface area contributed by atoms with E-state index in [1.807, 2.05) is 36.5 Å². The van der Waals surface area contributed by atoms with Crippen molar-refractivity contribution in [3.05, 3.63) is 66.1 Å². The van der Waals surface area contributed by atoms with Crippen molar-refractivity contribution in [1.29, 1.82) is 0 Å². The highest BCUT2D eigenvalue weighted by atomic mass is 32.2. The lowest BCUT2D eigenvalue weighted by molar-refractivity contribution is 0.679. The summed E-state index contributed by atoms with van der Waals surface area (Å²) in [5.41, 5.74) is 3.92. The number of fused-ring (bicyclic) bond motifs is 1. The second-order valence-electron chi connectivity index (χ2n) is 5.40.